The van der Waals surface area contributed by atoms with Crippen molar-refractivity contribution in [3.8, 4) is 0 Å². The first-order valence-corrected chi connectivity index (χ1v) is 8.48. The molecule has 3 rings (SSSR count). The lowest BCUT2D eigenvalue weighted by molar-refractivity contribution is 0.0504. The Labute approximate surface area is 141 Å². The van der Waals surface area contributed by atoms with Crippen molar-refractivity contribution in [3.05, 3.63) is 17.5 Å². The Morgan fingerprint density at radius 1 is 1.25 bits per heavy atom. The molecule has 0 saturated carbocycles. The van der Waals surface area contributed by atoms with Crippen LogP contribution in [0.15, 0.2) is 6.20 Å². The van der Waals surface area contributed by atoms with E-state index >= 15 is 0 Å². The van der Waals surface area contributed by atoms with Crippen LogP contribution < -0.4 is 5.32 Å². The number of likely N-dealkylation sites (tertiary alicyclic amines) is 1. The monoisotopic (exact) mass is 336 g/mol. The average molecular weight is 336 g/mol. The molecule has 2 saturated heterocycles. The molecule has 0 aromatic carbocycles. The average Bonchev–Trinajstić information content (AvgIpc) is 3.26. The standard InChI is InChI=1S/C16H24N4O4/c1-3-20-14(15(21)23-4-2)13(7-18-20)10-24-16(22)19-8-11-5-17-6-12(11)9-19/h7,11-12,17H,3-6,8-10H2,1-2H3. The molecule has 1 aromatic heterocycles. The third kappa shape index (κ3) is 3.24. The predicted octanol–water partition coefficient (Wildman–Crippen LogP) is 0.867. The zero-order valence-electron chi connectivity index (χ0n) is 14.2. The molecule has 3 heterocycles. The summed E-state index contributed by atoms with van der Waals surface area (Å²) in [6.45, 7) is 7.89. The van der Waals surface area contributed by atoms with Gasteiger partial charge in [0.2, 0.25) is 0 Å². The minimum Gasteiger partial charge on any atom is -0.461 e. The molecule has 2 unspecified atom stereocenters. The van der Waals surface area contributed by atoms with Gasteiger partial charge in [0.25, 0.3) is 0 Å². The second-order valence-corrected chi connectivity index (χ2v) is 6.19. The first-order chi connectivity index (χ1) is 11.6. The minimum absolute atomic E-state index is 0.0249. The number of hydrogen-bond acceptors (Lipinski definition) is 6. The first-order valence-electron chi connectivity index (χ1n) is 8.48. The molecule has 8 heteroatoms. The number of amides is 1. The van der Waals surface area contributed by atoms with Gasteiger partial charge in [-0.2, -0.15) is 5.10 Å². The van der Waals surface area contributed by atoms with E-state index in [2.05, 4.69) is 10.4 Å². The third-order valence-electron chi connectivity index (χ3n) is 4.68. The van der Waals surface area contributed by atoms with Gasteiger partial charge in [0.05, 0.1) is 12.8 Å². The van der Waals surface area contributed by atoms with E-state index in [4.69, 9.17) is 9.47 Å². The van der Waals surface area contributed by atoms with Gasteiger partial charge in [0.1, 0.15) is 6.61 Å². The molecule has 132 valence electrons. The SMILES string of the molecule is CCOC(=O)c1c(COC(=O)N2CC3CNCC3C2)cnn1CC. The maximum Gasteiger partial charge on any atom is 0.410 e. The molecule has 8 nitrogen and oxygen atoms in total. The van der Waals surface area contributed by atoms with Crippen molar-refractivity contribution in [2.75, 3.05) is 32.8 Å². The fourth-order valence-electron chi connectivity index (χ4n) is 3.44. The van der Waals surface area contributed by atoms with Gasteiger partial charge in [0, 0.05) is 38.3 Å². The van der Waals surface area contributed by atoms with Crippen LogP contribution in [0.5, 0.6) is 0 Å². The van der Waals surface area contributed by atoms with Gasteiger partial charge >= 0.3 is 12.1 Å². The molecule has 1 N–H and O–H groups in total. The Morgan fingerprint density at radius 3 is 2.58 bits per heavy atom. The summed E-state index contributed by atoms with van der Waals surface area (Å²) in [6.07, 6.45) is 1.23. The molecular formula is C16H24N4O4. The van der Waals surface area contributed by atoms with Gasteiger partial charge in [-0.15, -0.1) is 0 Å². The number of nitrogens with one attached hydrogen (secondary N) is 1. The molecule has 2 atom stereocenters. The van der Waals surface area contributed by atoms with Crippen LogP contribution in [0.1, 0.15) is 29.9 Å². The number of esters is 1. The maximum atomic E-state index is 12.3. The van der Waals surface area contributed by atoms with Gasteiger partial charge < -0.3 is 19.7 Å². The van der Waals surface area contributed by atoms with Crippen LogP contribution >= 0.6 is 0 Å². The van der Waals surface area contributed by atoms with E-state index in [1.165, 1.54) is 0 Å². The van der Waals surface area contributed by atoms with Gasteiger partial charge in [-0.25, -0.2) is 9.59 Å². The van der Waals surface area contributed by atoms with Crippen molar-refractivity contribution >= 4 is 12.1 Å². The second-order valence-electron chi connectivity index (χ2n) is 6.19. The van der Waals surface area contributed by atoms with Gasteiger partial charge in [-0.3, -0.25) is 4.68 Å². The Hall–Kier alpha value is -2.09. The summed E-state index contributed by atoms with van der Waals surface area (Å²) in [4.78, 5) is 26.1. The van der Waals surface area contributed by atoms with E-state index in [1.807, 2.05) is 6.92 Å². The highest BCUT2D eigenvalue weighted by molar-refractivity contribution is 5.89. The maximum absolute atomic E-state index is 12.3. The van der Waals surface area contributed by atoms with Crippen molar-refractivity contribution in [2.24, 2.45) is 11.8 Å². The highest BCUT2D eigenvalue weighted by Gasteiger charge is 2.38. The molecule has 0 bridgehead atoms. The van der Waals surface area contributed by atoms with E-state index < -0.39 is 5.97 Å². The molecule has 0 radical (unpaired) electrons. The number of fused-ring (bicyclic) bond motifs is 1. The lowest BCUT2D eigenvalue weighted by Gasteiger charge is -2.17. The zero-order valence-corrected chi connectivity index (χ0v) is 14.2. The van der Waals surface area contributed by atoms with Crippen molar-refractivity contribution in [2.45, 2.75) is 27.0 Å². The number of ether oxygens (including phenoxy) is 2. The van der Waals surface area contributed by atoms with Crippen LogP contribution in [-0.4, -0.2) is 59.5 Å². The molecule has 0 aliphatic carbocycles. The molecule has 1 amide bonds. The van der Waals surface area contributed by atoms with Crippen molar-refractivity contribution < 1.29 is 19.1 Å². The van der Waals surface area contributed by atoms with E-state index in [0.29, 0.717) is 29.6 Å². The van der Waals surface area contributed by atoms with E-state index in [9.17, 15) is 9.59 Å². The number of hydrogen-bond donors (Lipinski definition) is 1. The fraction of sp³-hybridized carbons (Fsp3) is 0.688. The molecule has 1 aromatic rings. The van der Waals surface area contributed by atoms with Gasteiger partial charge in [-0.1, -0.05) is 0 Å². The Morgan fingerprint density at radius 2 is 1.96 bits per heavy atom. The van der Waals surface area contributed by atoms with Gasteiger partial charge in [-0.05, 0) is 25.7 Å². The molecule has 2 fully saturated rings. The van der Waals surface area contributed by atoms with Crippen molar-refractivity contribution in [1.29, 1.82) is 0 Å². The number of carbonyl (C=O) groups is 2. The van der Waals surface area contributed by atoms with E-state index in [-0.39, 0.29) is 19.3 Å². The molecule has 24 heavy (non-hydrogen) atoms. The van der Waals surface area contributed by atoms with Crippen molar-refractivity contribution in [1.82, 2.24) is 20.0 Å². The number of aromatic nitrogens is 2. The van der Waals surface area contributed by atoms with E-state index in [0.717, 1.165) is 26.2 Å². The fourth-order valence-corrected chi connectivity index (χ4v) is 3.44. The quantitative estimate of drug-likeness (QED) is 0.803. The van der Waals surface area contributed by atoms with Crippen LogP contribution in [0, 0.1) is 11.8 Å². The van der Waals surface area contributed by atoms with Crippen LogP contribution in [0.2, 0.25) is 0 Å². The lowest BCUT2D eigenvalue weighted by Crippen LogP contribution is -2.32. The van der Waals surface area contributed by atoms with Crippen LogP contribution in [-0.2, 0) is 22.6 Å². The zero-order chi connectivity index (χ0) is 17.1. The summed E-state index contributed by atoms with van der Waals surface area (Å²) in [5.74, 6) is 0.607. The highest BCUT2D eigenvalue weighted by Crippen LogP contribution is 2.26. The topological polar surface area (TPSA) is 85.7 Å². The summed E-state index contributed by atoms with van der Waals surface area (Å²) in [5.41, 5.74) is 0.930. The van der Waals surface area contributed by atoms with E-state index in [1.54, 1.807) is 22.7 Å². The summed E-state index contributed by atoms with van der Waals surface area (Å²) >= 11 is 0. The number of aryl methyl sites for hydroxylation is 1. The van der Waals surface area contributed by atoms with Crippen LogP contribution in [0.25, 0.3) is 0 Å². The van der Waals surface area contributed by atoms with Crippen molar-refractivity contribution in [3.63, 3.8) is 0 Å². The first kappa shape index (κ1) is 16.8. The van der Waals surface area contributed by atoms with Gasteiger partial charge in [0.15, 0.2) is 5.69 Å². The Bertz CT molecular complexity index is 603. The lowest BCUT2D eigenvalue weighted by atomic mass is 10.0. The highest BCUT2D eigenvalue weighted by atomic mass is 16.6. The Kier molecular flexibility index (Phi) is 5.03. The smallest absolute Gasteiger partial charge is 0.410 e. The second kappa shape index (κ2) is 7.21. The van der Waals surface area contributed by atoms with Crippen LogP contribution in [0.4, 0.5) is 4.79 Å². The largest absolute Gasteiger partial charge is 0.461 e. The summed E-state index contributed by atoms with van der Waals surface area (Å²) in [7, 11) is 0. The third-order valence-corrected chi connectivity index (χ3v) is 4.68. The van der Waals surface area contributed by atoms with Crippen LogP contribution in [0.3, 0.4) is 0 Å². The summed E-state index contributed by atoms with van der Waals surface area (Å²) in [6, 6.07) is 0. The number of rotatable bonds is 5. The molecular weight excluding hydrogens is 312 g/mol. The molecule has 2 aliphatic heterocycles. The minimum atomic E-state index is -0.440. The number of nitrogens with zero attached hydrogens (tertiary/aromatic N) is 3. The normalized spacial score (nSPS) is 22.5. The summed E-state index contributed by atoms with van der Waals surface area (Å²) < 4.78 is 12.0. The Balaban J connectivity index is 1.61. The summed E-state index contributed by atoms with van der Waals surface area (Å²) in [5, 5.41) is 7.50. The molecule has 0 spiro atoms. The molecule has 2 aliphatic rings. The number of carbonyl (C=O) groups excluding carboxylic acids is 2. The predicted molar refractivity (Wildman–Crippen MR) is 85.5 cm³/mol.